The predicted molar refractivity (Wildman–Crippen MR) is 148 cm³/mol. The number of nitrogens with one attached hydrogen (secondary N) is 2. The third-order valence-electron chi connectivity index (χ3n) is 6.24. The Hall–Kier alpha value is -3.14. The highest BCUT2D eigenvalue weighted by Crippen LogP contribution is 2.29. The van der Waals surface area contributed by atoms with E-state index in [1.165, 1.54) is 28.3 Å². The van der Waals surface area contributed by atoms with Gasteiger partial charge in [-0.15, -0.1) is 11.3 Å². The highest BCUT2D eigenvalue weighted by molar-refractivity contribution is 7.59. The van der Waals surface area contributed by atoms with Gasteiger partial charge in [-0.2, -0.15) is 13.5 Å². The number of thiophene rings is 1. The lowest BCUT2D eigenvalue weighted by molar-refractivity contribution is 0.0865. The molecule has 36 heavy (non-hydrogen) atoms. The lowest BCUT2D eigenvalue weighted by Crippen LogP contribution is -2.53. The Bertz CT molecular complexity index is 1450. The van der Waals surface area contributed by atoms with E-state index in [4.69, 9.17) is 11.6 Å². The molecule has 2 aromatic carbocycles. The summed E-state index contributed by atoms with van der Waals surface area (Å²) < 4.78 is 2.43. The van der Waals surface area contributed by atoms with E-state index in [-0.39, 0.29) is 43.0 Å². The van der Waals surface area contributed by atoms with Crippen LogP contribution in [0.3, 0.4) is 0 Å². The summed E-state index contributed by atoms with van der Waals surface area (Å²) in [5.74, 6) is -0.345. The monoisotopic (exact) mass is 540 g/mol. The molecule has 2 N–H and O–H groups in total. The highest BCUT2D eigenvalue weighted by Gasteiger charge is 2.29. The lowest BCUT2D eigenvalue weighted by Gasteiger charge is -2.32. The second-order valence-corrected chi connectivity index (χ2v) is 10.1. The van der Waals surface area contributed by atoms with Crippen LogP contribution in [0, 0.1) is 0 Å². The number of halogens is 1. The van der Waals surface area contributed by atoms with E-state index in [0.29, 0.717) is 21.2 Å². The number of carbonyl (C=O) groups is 2. The highest BCUT2D eigenvalue weighted by atomic mass is 35.5. The summed E-state index contributed by atoms with van der Waals surface area (Å²) in [7, 11) is 0. The number of amides is 2. The minimum atomic E-state index is -0.243. The SMILES string of the molecule is O=C(N[C@H]1CCCC[C@H]1NC(=O)c1cc2ccc(Cl)cc2s1)c1ccc(-n2ccncc2=O)cc1.S. The van der Waals surface area contributed by atoms with E-state index >= 15 is 0 Å². The largest absolute Gasteiger partial charge is 0.347 e. The third-order valence-corrected chi connectivity index (χ3v) is 7.57. The summed E-state index contributed by atoms with van der Waals surface area (Å²) in [6.07, 6.45) is 7.94. The maximum Gasteiger partial charge on any atom is 0.273 e. The van der Waals surface area contributed by atoms with Crippen LogP contribution in [-0.4, -0.2) is 33.4 Å². The first-order chi connectivity index (χ1) is 17.0. The van der Waals surface area contributed by atoms with Gasteiger partial charge in [0.15, 0.2) is 0 Å². The number of carbonyl (C=O) groups excluding carboxylic acids is 2. The quantitative estimate of drug-likeness (QED) is 0.384. The summed E-state index contributed by atoms with van der Waals surface area (Å²) in [5, 5.41) is 7.86. The zero-order chi connectivity index (χ0) is 24.4. The maximum absolute atomic E-state index is 13.0. The Labute approximate surface area is 224 Å². The molecule has 1 aliphatic carbocycles. The van der Waals surface area contributed by atoms with Crippen LogP contribution in [0.1, 0.15) is 45.7 Å². The fourth-order valence-corrected chi connectivity index (χ4v) is 5.66. The molecule has 0 radical (unpaired) electrons. The summed E-state index contributed by atoms with van der Waals surface area (Å²) in [4.78, 5) is 42.4. The van der Waals surface area contributed by atoms with Crippen molar-refractivity contribution in [2.24, 2.45) is 0 Å². The van der Waals surface area contributed by atoms with Gasteiger partial charge in [0.1, 0.15) is 0 Å². The van der Waals surface area contributed by atoms with Gasteiger partial charge in [0, 0.05) is 45.5 Å². The van der Waals surface area contributed by atoms with Gasteiger partial charge < -0.3 is 10.6 Å². The zero-order valence-electron chi connectivity index (χ0n) is 19.2. The zero-order valence-corrected chi connectivity index (χ0v) is 21.8. The van der Waals surface area contributed by atoms with Crippen LogP contribution in [0.2, 0.25) is 5.02 Å². The number of hydrogen-bond acceptors (Lipinski definition) is 5. The maximum atomic E-state index is 13.0. The van der Waals surface area contributed by atoms with Crippen LogP contribution < -0.4 is 16.2 Å². The summed E-state index contributed by atoms with van der Waals surface area (Å²) in [6.45, 7) is 0. The Morgan fingerprint density at radius 2 is 1.67 bits per heavy atom. The molecule has 0 bridgehead atoms. The lowest BCUT2D eigenvalue weighted by atomic mass is 9.90. The van der Waals surface area contributed by atoms with Crippen LogP contribution in [0.5, 0.6) is 0 Å². The van der Waals surface area contributed by atoms with Gasteiger partial charge >= 0.3 is 0 Å². The van der Waals surface area contributed by atoms with Crippen molar-refractivity contribution in [3.8, 4) is 5.69 Å². The van der Waals surface area contributed by atoms with E-state index in [1.54, 1.807) is 30.5 Å². The van der Waals surface area contributed by atoms with E-state index in [0.717, 1.165) is 35.8 Å². The van der Waals surface area contributed by atoms with Crippen molar-refractivity contribution in [3.05, 3.63) is 92.9 Å². The molecule has 0 unspecified atom stereocenters. The molecule has 1 fully saturated rings. The first-order valence-electron chi connectivity index (χ1n) is 11.4. The first-order valence-corrected chi connectivity index (χ1v) is 12.6. The van der Waals surface area contributed by atoms with Crippen LogP contribution in [0.4, 0.5) is 0 Å². The van der Waals surface area contributed by atoms with Crippen molar-refractivity contribution in [2.75, 3.05) is 0 Å². The average Bonchev–Trinajstić information content (AvgIpc) is 3.29. The third kappa shape index (κ3) is 5.64. The standard InChI is InChI=1S/C26H23ClN4O3S.H2S/c27-18-8-5-17-13-23(35-22(17)14-18)26(34)30-21-4-2-1-3-20(21)29-25(33)16-6-9-19(10-7-16)31-12-11-28-15-24(31)32;/h5-15,20-21H,1-4H2,(H,29,33)(H,30,34);1H2/t20-,21+;/m0./s1. The van der Waals surface area contributed by atoms with Gasteiger partial charge in [-0.1, -0.05) is 30.5 Å². The van der Waals surface area contributed by atoms with Gasteiger partial charge in [-0.25, -0.2) is 0 Å². The molecule has 2 heterocycles. The van der Waals surface area contributed by atoms with E-state index in [1.807, 2.05) is 24.3 Å². The van der Waals surface area contributed by atoms with Crippen molar-refractivity contribution >= 4 is 58.3 Å². The number of nitrogens with zero attached hydrogens (tertiary/aromatic N) is 2. The topological polar surface area (TPSA) is 93.1 Å². The molecule has 7 nitrogen and oxygen atoms in total. The van der Waals surface area contributed by atoms with Gasteiger partial charge in [-0.05, 0) is 60.7 Å². The molecule has 1 saturated carbocycles. The van der Waals surface area contributed by atoms with Crippen molar-refractivity contribution in [2.45, 2.75) is 37.8 Å². The molecule has 2 aromatic heterocycles. The molecule has 5 rings (SSSR count). The summed E-state index contributed by atoms with van der Waals surface area (Å²) in [6, 6.07) is 14.0. The Kier molecular flexibility index (Phi) is 8.13. The van der Waals surface area contributed by atoms with E-state index < -0.39 is 0 Å². The predicted octanol–water partition coefficient (Wildman–Crippen LogP) is 4.68. The van der Waals surface area contributed by atoms with Gasteiger partial charge in [0.25, 0.3) is 17.4 Å². The van der Waals surface area contributed by atoms with E-state index in [9.17, 15) is 14.4 Å². The molecule has 1 aliphatic rings. The van der Waals surface area contributed by atoms with Crippen LogP contribution in [0.15, 0.2) is 71.9 Å². The Morgan fingerprint density at radius 3 is 2.36 bits per heavy atom. The van der Waals surface area contributed by atoms with Crippen molar-refractivity contribution in [3.63, 3.8) is 0 Å². The molecule has 2 amide bonds. The van der Waals surface area contributed by atoms with Gasteiger partial charge in [0.2, 0.25) is 0 Å². The number of aromatic nitrogens is 2. The summed E-state index contributed by atoms with van der Waals surface area (Å²) >= 11 is 7.48. The van der Waals surface area contributed by atoms with E-state index in [2.05, 4.69) is 15.6 Å². The number of rotatable bonds is 5. The van der Waals surface area contributed by atoms with Crippen LogP contribution >= 0.6 is 36.4 Å². The molecule has 2 atom stereocenters. The van der Waals surface area contributed by atoms with Gasteiger partial charge in [-0.3, -0.25) is 23.9 Å². The Morgan fingerprint density at radius 1 is 0.972 bits per heavy atom. The fourth-order valence-electron chi connectivity index (χ4n) is 4.42. The number of benzene rings is 2. The van der Waals surface area contributed by atoms with Crippen LogP contribution in [-0.2, 0) is 0 Å². The normalized spacial score (nSPS) is 17.2. The molecule has 0 aliphatic heterocycles. The van der Waals surface area contributed by atoms with Crippen molar-refractivity contribution in [1.82, 2.24) is 20.2 Å². The summed E-state index contributed by atoms with van der Waals surface area (Å²) in [5.41, 5.74) is 0.904. The molecule has 0 spiro atoms. The Balaban J connectivity index is 0.00000304. The molecule has 0 saturated heterocycles. The average molecular weight is 541 g/mol. The molecule has 4 aromatic rings. The van der Waals surface area contributed by atoms with Gasteiger partial charge in [0.05, 0.1) is 11.1 Å². The minimum Gasteiger partial charge on any atom is -0.347 e. The minimum absolute atomic E-state index is 0. The second-order valence-electron chi connectivity index (χ2n) is 8.57. The first kappa shape index (κ1) is 25.9. The second kappa shape index (κ2) is 11.3. The molecule has 10 heteroatoms. The fraction of sp³-hybridized carbons (Fsp3) is 0.231. The number of fused-ring (bicyclic) bond motifs is 1. The number of hydrogen-bond donors (Lipinski definition) is 2. The molecular formula is C26H25ClN4O3S2. The van der Waals surface area contributed by atoms with Crippen LogP contribution in [0.25, 0.3) is 15.8 Å². The smallest absolute Gasteiger partial charge is 0.273 e. The van der Waals surface area contributed by atoms with Crippen molar-refractivity contribution in [1.29, 1.82) is 0 Å². The molecular weight excluding hydrogens is 516 g/mol. The van der Waals surface area contributed by atoms with Crippen molar-refractivity contribution < 1.29 is 9.59 Å². The molecule has 186 valence electrons.